The van der Waals surface area contributed by atoms with Crippen LogP contribution < -0.4 is 10.6 Å². The summed E-state index contributed by atoms with van der Waals surface area (Å²) in [4.78, 5) is 22.8. The zero-order valence-corrected chi connectivity index (χ0v) is 15.1. The summed E-state index contributed by atoms with van der Waals surface area (Å²) in [6.45, 7) is 1.96. The molecule has 8 nitrogen and oxygen atoms in total. The molecule has 0 heterocycles. The highest BCUT2D eigenvalue weighted by Crippen LogP contribution is 2.13. The van der Waals surface area contributed by atoms with E-state index in [2.05, 4.69) is 10.6 Å². The van der Waals surface area contributed by atoms with Crippen molar-refractivity contribution in [2.75, 3.05) is 32.1 Å². The zero-order valence-electron chi connectivity index (χ0n) is 13.4. The minimum atomic E-state index is -1.30. The van der Waals surface area contributed by atoms with Gasteiger partial charge in [-0.1, -0.05) is 6.92 Å². The van der Waals surface area contributed by atoms with Crippen LogP contribution in [0, 0.1) is 0 Å². The molecule has 0 radical (unpaired) electrons. The number of hydrogen-bond donors (Lipinski definition) is 4. The maximum Gasteiger partial charge on any atom is 0.407 e. The second-order valence-electron chi connectivity index (χ2n) is 4.42. The van der Waals surface area contributed by atoms with Crippen molar-refractivity contribution in [3.8, 4) is 0 Å². The zero-order chi connectivity index (χ0) is 17.5. The molecule has 2 amide bonds. The van der Waals surface area contributed by atoms with Gasteiger partial charge in [-0.25, -0.2) is 4.79 Å². The van der Waals surface area contributed by atoms with Crippen LogP contribution in [0.1, 0.15) is 19.8 Å². The van der Waals surface area contributed by atoms with Gasteiger partial charge in [0.1, 0.15) is 6.61 Å². The van der Waals surface area contributed by atoms with E-state index in [4.69, 9.17) is 14.6 Å². The Bertz CT molecular complexity index is 337. The van der Waals surface area contributed by atoms with Gasteiger partial charge in [0.05, 0.1) is 12.7 Å². The smallest absolute Gasteiger partial charge is 0.407 e. The molecule has 0 aliphatic rings. The van der Waals surface area contributed by atoms with Gasteiger partial charge in [-0.3, -0.25) is 4.79 Å². The number of amides is 2. The third-order valence-electron chi connectivity index (χ3n) is 2.61. The van der Waals surface area contributed by atoms with E-state index in [1.165, 1.54) is 0 Å². The fourth-order valence-corrected chi connectivity index (χ4v) is 2.51. The molecule has 2 atom stereocenters. The van der Waals surface area contributed by atoms with E-state index in [1.807, 2.05) is 7.12 Å². The highest BCUT2D eigenvalue weighted by molar-refractivity contribution is 8.84. The highest BCUT2D eigenvalue weighted by atomic mass is 33.1. The van der Waals surface area contributed by atoms with Gasteiger partial charge in [-0.15, -0.1) is 10.8 Å². The summed E-state index contributed by atoms with van der Waals surface area (Å²) in [5, 5.41) is 23.5. The van der Waals surface area contributed by atoms with Crippen LogP contribution in [0.2, 0.25) is 0 Å². The van der Waals surface area contributed by atoms with Gasteiger partial charge in [-0.05, 0) is 6.42 Å². The van der Waals surface area contributed by atoms with Crippen LogP contribution in [0.5, 0.6) is 0 Å². The summed E-state index contributed by atoms with van der Waals surface area (Å²) in [6.07, 6.45) is -1.85. The Hall–Kier alpha value is -0.615. The van der Waals surface area contributed by atoms with Crippen LogP contribution in [0.15, 0.2) is 0 Å². The van der Waals surface area contributed by atoms with E-state index in [-0.39, 0.29) is 32.1 Å². The SMILES string of the molecule is BSSCCNC(=O)CCNC(=O)OCC(O)OC(CC)CO. The van der Waals surface area contributed by atoms with Gasteiger partial charge in [0.15, 0.2) is 13.4 Å². The Labute approximate surface area is 145 Å². The van der Waals surface area contributed by atoms with Crippen molar-refractivity contribution in [1.82, 2.24) is 10.6 Å². The number of hydrogen-bond acceptors (Lipinski definition) is 8. The Morgan fingerprint density at radius 3 is 2.65 bits per heavy atom. The van der Waals surface area contributed by atoms with Crippen LogP contribution in [0.3, 0.4) is 0 Å². The molecule has 0 rings (SSSR count). The summed E-state index contributed by atoms with van der Waals surface area (Å²) in [7, 11) is 5.26. The first-order chi connectivity index (χ1) is 11.0. The van der Waals surface area contributed by atoms with Gasteiger partial charge in [-0.2, -0.15) is 10.6 Å². The first-order valence-corrected chi connectivity index (χ1v) is 10.0. The molecule has 0 saturated carbocycles. The van der Waals surface area contributed by atoms with Gasteiger partial charge >= 0.3 is 6.09 Å². The molecule has 4 N–H and O–H groups in total. The molecule has 11 heteroatoms. The second-order valence-corrected chi connectivity index (χ2v) is 7.10. The van der Waals surface area contributed by atoms with Crippen molar-refractivity contribution in [3.63, 3.8) is 0 Å². The number of rotatable bonds is 13. The number of ether oxygens (including phenoxy) is 2. The topological polar surface area (TPSA) is 117 Å². The third kappa shape index (κ3) is 13.5. The Morgan fingerprint density at radius 2 is 2.04 bits per heavy atom. The molecule has 0 aromatic rings. The maximum absolute atomic E-state index is 11.4. The Kier molecular flexibility index (Phi) is 14.5. The van der Waals surface area contributed by atoms with Crippen molar-refractivity contribution in [3.05, 3.63) is 0 Å². The maximum atomic E-state index is 11.4. The molecule has 23 heavy (non-hydrogen) atoms. The number of alkyl carbamates (subject to hydrolysis) is 1. The summed E-state index contributed by atoms with van der Waals surface area (Å²) in [6, 6.07) is 0. The molecule has 0 aromatic carbocycles. The normalized spacial score (nSPS) is 13.2. The summed E-state index contributed by atoms with van der Waals surface area (Å²) in [5.74, 6) is 0.677. The van der Waals surface area contributed by atoms with Crippen molar-refractivity contribution in [2.24, 2.45) is 0 Å². The fourth-order valence-electron chi connectivity index (χ4n) is 1.41. The van der Waals surface area contributed by atoms with Gasteiger partial charge in [0.25, 0.3) is 0 Å². The molecule has 0 bridgehead atoms. The average molecular weight is 368 g/mol. The standard InChI is InChI=1S/C12H25BN2O6S2/c1-2-9(7-16)21-11(18)8-20-12(19)15-4-3-10(17)14-5-6-22-23-13/h9,11,16,18H,2-8,13H2,1H3,(H,14,17)(H,15,19). The van der Waals surface area contributed by atoms with Crippen LogP contribution in [0.4, 0.5) is 4.79 Å². The third-order valence-corrected chi connectivity index (χ3v) is 4.43. The van der Waals surface area contributed by atoms with Crippen molar-refractivity contribution >= 4 is 40.6 Å². The lowest BCUT2D eigenvalue weighted by Gasteiger charge is -2.18. The van der Waals surface area contributed by atoms with Crippen LogP contribution in [0.25, 0.3) is 0 Å². The number of carbonyl (C=O) groups is 2. The monoisotopic (exact) mass is 368 g/mol. The lowest BCUT2D eigenvalue weighted by molar-refractivity contribution is -0.165. The van der Waals surface area contributed by atoms with E-state index >= 15 is 0 Å². The van der Waals surface area contributed by atoms with Gasteiger partial charge < -0.3 is 30.3 Å². The lowest BCUT2D eigenvalue weighted by atomic mass is 10.3. The van der Waals surface area contributed by atoms with Crippen LogP contribution >= 0.6 is 21.4 Å². The van der Waals surface area contributed by atoms with Crippen LogP contribution in [-0.2, 0) is 14.3 Å². The number of aliphatic hydroxyl groups excluding tert-OH is 2. The van der Waals surface area contributed by atoms with Crippen molar-refractivity contribution in [2.45, 2.75) is 32.2 Å². The van der Waals surface area contributed by atoms with E-state index in [0.29, 0.717) is 13.0 Å². The second kappa shape index (κ2) is 14.9. The fraction of sp³-hybridized carbons (Fsp3) is 0.833. The molecular formula is C12H25BN2O6S2. The molecule has 2 unspecified atom stereocenters. The van der Waals surface area contributed by atoms with E-state index < -0.39 is 18.5 Å². The van der Waals surface area contributed by atoms with Gasteiger partial charge in [0.2, 0.25) is 5.91 Å². The molecule has 0 fully saturated rings. The summed E-state index contributed by atoms with van der Waals surface area (Å²) in [5.41, 5.74) is 0. The highest BCUT2D eigenvalue weighted by Gasteiger charge is 2.14. The molecule has 0 aliphatic heterocycles. The number of aliphatic hydroxyl groups is 2. The van der Waals surface area contributed by atoms with E-state index in [0.717, 1.165) is 5.75 Å². The predicted octanol–water partition coefficient (Wildman–Crippen LogP) is -0.746. The Balaban J connectivity index is 3.65. The largest absolute Gasteiger partial charge is 0.444 e. The molecule has 134 valence electrons. The first kappa shape index (κ1) is 22.4. The van der Waals surface area contributed by atoms with Crippen molar-refractivity contribution < 1.29 is 29.3 Å². The molecule has 0 spiro atoms. The van der Waals surface area contributed by atoms with Gasteiger partial charge in [0, 0.05) is 25.3 Å². The predicted molar refractivity (Wildman–Crippen MR) is 93.8 cm³/mol. The molecule has 0 saturated heterocycles. The summed E-state index contributed by atoms with van der Waals surface area (Å²) < 4.78 is 9.78. The average Bonchev–Trinajstić information content (AvgIpc) is 2.54. The molecular weight excluding hydrogens is 343 g/mol. The minimum Gasteiger partial charge on any atom is -0.444 e. The first-order valence-electron chi connectivity index (χ1n) is 7.30. The quantitative estimate of drug-likeness (QED) is 0.145. The lowest BCUT2D eigenvalue weighted by Crippen LogP contribution is -2.34. The summed E-state index contributed by atoms with van der Waals surface area (Å²) >= 11 is 0. The van der Waals surface area contributed by atoms with E-state index in [1.54, 1.807) is 28.4 Å². The minimum absolute atomic E-state index is 0.144. The Morgan fingerprint density at radius 1 is 1.30 bits per heavy atom. The van der Waals surface area contributed by atoms with Crippen molar-refractivity contribution in [1.29, 1.82) is 0 Å². The number of carbonyl (C=O) groups excluding carboxylic acids is 2. The molecule has 0 aromatic heterocycles. The number of nitrogens with one attached hydrogen (secondary N) is 2. The van der Waals surface area contributed by atoms with E-state index in [9.17, 15) is 14.7 Å². The molecule has 0 aliphatic carbocycles. The van der Waals surface area contributed by atoms with Crippen LogP contribution in [-0.4, -0.2) is 73.8 Å².